The fraction of sp³-hybridized carbons (Fsp3) is 0.760. The Morgan fingerprint density at radius 1 is 1.11 bits per heavy atom. The molecular weight excluding hydrogens is 479 g/mol. The van der Waals surface area contributed by atoms with Gasteiger partial charge in [0.1, 0.15) is 11.6 Å². The number of alkyl carbamates (subject to hydrolysis) is 1. The Kier molecular flexibility index (Phi) is 8.67. The number of ether oxygens (including phenoxy) is 1. The molecule has 1 N–H and O–H groups in total. The summed E-state index contributed by atoms with van der Waals surface area (Å²) in [4.78, 5) is 36.3. The van der Waals surface area contributed by atoms with Gasteiger partial charge in [0.05, 0.1) is 11.2 Å². The van der Waals surface area contributed by atoms with E-state index in [0.29, 0.717) is 23.5 Å². The zero-order valence-electron chi connectivity index (χ0n) is 23.1. The molecule has 0 saturated carbocycles. The van der Waals surface area contributed by atoms with Gasteiger partial charge in [-0.1, -0.05) is 25.6 Å². The van der Waals surface area contributed by atoms with Crippen molar-refractivity contribution in [2.24, 2.45) is 5.92 Å². The Morgan fingerprint density at radius 3 is 2.11 bits per heavy atom. The first kappa shape index (κ1) is 28.7. The van der Waals surface area contributed by atoms with Crippen LogP contribution in [0, 0.1) is 5.92 Å². The van der Waals surface area contributed by atoms with Crippen LogP contribution in [-0.4, -0.2) is 75.2 Å². The number of likely N-dealkylation sites (tertiary alicyclic amines) is 1. The van der Waals surface area contributed by atoms with Crippen molar-refractivity contribution in [3.05, 3.63) is 12.4 Å². The molecule has 2 fully saturated rings. The highest BCUT2D eigenvalue weighted by Gasteiger charge is 2.52. The molecule has 3 heterocycles. The molecule has 0 aliphatic carbocycles. The summed E-state index contributed by atoms with van der Waals surface area (Å²) in [5.74, 6) is -0.115. The Balaban J connectivity index is 1.51. The van der Waals surface area contributed by atoms with Crippen molar-refractivity contribution >= 4 is 36.3 Å². The highest BCUT2D eigenvalue weighted by molar-refractivity contribution is 7.99. The number of thioether (sulfide) groups is 1. The zero-order valence-corrected chi connectivity index (χ0v) is 23.9. The molecule has 1 aromatic rings. The Bertz CT molecular complexity index is 911. The number of nitrogens with zero attached hydrogens (tertiary/aromatic N) is 3. The molecule has 1 aromatic heterocycles. The summed E-state index contributed by atoms with van der Waals surface area (Å²) in [5.41, 5.74) is -0.633. The lowest BCUT2D eigenvalue weighted by Gasteiger charge is -2.35. The largest absolute Gasteiger partial charge is 0.498 e. The first-order chi connectivity index (χ1) is 16.6. The van der Waals surface area contributed by atoms with E-state index in [2.05, 4.69) is 15.3 Å². The van der Waals surface area contributed by atoms with Crippen molar-refractivity contribution in [2.45, 2.75) is 108 Å². The number of hydrogen-bond acceptors (Lipinski definition) is 8. The van der Waals surface area contributed by atoms with Crippen LogP contribution in [0.1, 0.15) is 75.2 Å². The first-order valence-electron chi connectivity index (χ1n) is 12.7. The maximum absolute atomic E-state index is 13.2. The average Bonchev–Trinajstić information content (AvgIpc) is 2.98. The van der Waals surface area contributed by atoms with Crippen molar-refractivity contribution in [1.29, 1.82) is 0 Å². The molecule has 2 amide bonds. The highest BCUT2D eigenvalue weighted by atomic mass is 32.2. The van der Waals surface area contributed by atoms with Crippen LogP contribution in [0.5, 0.6) is 0 Å². The minimum absolute atomic E-state index is 0.0481. The van der Waals surface area contributed by atoms with Gasteiger partial charge in [-0.05, 0) is 67.2 Å². The topological polar surface area (TPSA) is 103 Å². The van der Waals surface area contributed by atoms with Gasteiger partial charge in [0.25, 0.3) is 0 Å². The van der Waals surface area contributed by atoms with Gasteiger partial charge in [0.15, 0.2) is 5.16 Å². The van der Waals surface area contributed by atoms with E-state index in [4.69, 9.17) is 14.0 Å². The highest BCUT2D eigenvalue weighted by Crippen LogP contribution is 2.36. The second-order valence-corrected chi connectivity index (χ2v) is 13.2. The van der Waals surface area contributed by atoms with Gasteiger partial charge >= 0.3 is 13.2 Å². The van der Waals surface area contributed by atoms with Crippen molar-refractivity contribution in [3.8, 4) is 0 Å². The summed E-state index contributed by atoms with van der Waals surface area (Å²) >= 11 is 1.63. The lowest BCUT2D eigenvalue weighted by molar-refractivity contribution is -0.135. The minimum atomic E-state index is -0.616. The summed E-state index contributed by atoms with van der Waals surface area (Å²) in [6.07, 6.45) is 4.63. The number of amides is 2. The molecule has 36 heavy (non-hydrogen) atoms. The molecule has 200 valence electrons. The zero-order chi connectivity index (χ0) is 26.9. The molecule has 11 heteroatoms. The van der Waals surface area contributed by atoms with E-state index in [9.17, 15) is 9.59 Å². The summed E-state index contributed by atoms with van der Waals surface area (Å²) in [6, 6.07) is -0.616. The molecule has 0 radical (unpaired) electrons. The van der Waals surface area contributed by atoms with Crippen LogP contribution in [0.3, 0.4) is 0 Å². The average molecular weight is 521 g/mol. The number of aromatic nitrogens is 2. The maximum atomic E-state index is 13.2. The maximum Gasteiger partial charge on any atom is 0.498 e. The summed E-state index contributed by atoms with van der Waals surface area (Å²) in [6.45, 7) is 18.6. The monoisotopic (exact) mass is 520 g/mol. The molecule has 0 spiro atoms. The van der Waals surface area contributed by atoms with Gasteiger partial charge in [-0.3, -0.25) is 4.79 Å². The smallest absolute Gasteiger partial charge is 0.444 e. The van der Waals surface area contributed by atoms with Crippen LogP contribution in [0.4, 0.5) is 4.79 Å². The number of piperidine rings is 1. The van der Waals surface area contributed by atoms with E-state index in [1.165, 1.54) is 0 Å². The van der Waals surface area contributed by atoms with E-state index in [-0.39, 0.29) is 11.8 Å². The van der Waals surface area contributed by atoms with Crippen LogP contribution in [0.2, 0.25) is 0 Å². The summed E-state index contributed by atoms with van der Waals surface area (Å²) in [7, 11) is -0.480. The standard InChI is InChI=1S/C25H41BN4O5S/c1-16(2)19(29-22(32)33-23(3,4)5)20(31)30-12-10-18(11-13-30)36-21-27-14-17(15-28-21)26-34-24(6,7)25(8,9)35-26/h14-16,18-19H,10-13H2,1-9H3,(H,29,32). The van der Waals surface area contributed by atoms with Crippen molar-refractivity contribution in [1.82, 2.24) is 20.2 Å². The van der Waals surface area contributed by atoms with Crippen LogP contribution in [0.25, 0.3) is 0 Å². The first-order valence-corrected chi connectivity index (χ1v) is 13.6. The van der Waals surface area contributed by atoms with Gasteiger partial charge in [-0.25, -0.2) is 14.8 Å². The number of carbonyl (C=O) groups is 2. The molecular formula is C25H41BN4O5S. The lowest BCUT2D eigenvalue weighted by atomic mass is 9.81. The van der Waals surface area contributed by atoms with Crippen molar-refractivity contribution < 1.29 is 23.6 Å². The third-order valence-corrected chi connectivity index (χ3v) is 8.03. The normalized spacial score (nSPS) is 20.9. The Hall–Kier alpha value is -1.85. The Morgan fingerprint density at radius 2 is 1.64 bits per heavy atom. The number of carbonyl (C=O) groups excluding carboxylic acids is 2. The Labute approximate surface area is 220 Å². The predicted octanol–water partition coefficient (Wildman–Crippen LogP) is 3.41. The van der Waals surface area contributed by atoms with Crippen LogP contribution in [0.15, 0.2) is 17.6 Å². The van der Waals surface area contributed by atoms with Crippen LogP contribution < -0.4 is 10.8 Å². The van der Waals surface area contributed by atoms with Crippen molar-refractivity contribution in [3.63, 3.8) is 0 Å². The fourth-order valence-electron chi connectivity index (χ4n) is 3.98. The van der Waals surface area contributed by atoms with Crippen LogP contribution in [-0.2, 0) is 18.8 Å². The predicted molar refractivity (Wildman–Crippen MR) is 141 cm³/mol. The van der Waals surface area contributed by atoms with E-state index >= 15 is 0 Å². The molecule has 0 bridgehead atoms. The van der Waals surface area contributed by atoms with Gasteiger partial charge in [0.2, 0.25) is 5.91 Å². The molecule has 9 nitrogen and oxygen atoms in total. The van der Waals surface area contributed by atoms with Gasteiger partial charge < -0.3 is 24.3 Å². The molecule has 2 aliphatic heterocycles. The molecule has 2 aliphatic rings. The van der Waals surface area contributed by atoms with E-state index in [1.54, 1.807) is 44.9 Å². The molecule has 2 saturated heterocycles. The third-order valence-electron chi connectivity index (χ3n) is 6.80. The third kappa shape index (κ3) is 7.13. The fourth-order valence-corrected chi connectivity index (χ4v) is 4.95. The number of hydrogen-bond donors (Lipinski definition) is 1. The minimum Gasteiger partial charge on any atom is -0.444 e. The van der Waals surface area contributed by atoms with E-state index in [1.807, 2.05) is 46.4 Å². The van der Waals surface area contributed by atoms with Gasteiger partial charge in [-0.2, -0.15) is 0 Å². The SMILES string of the molecule is CC(C)C(NC(=O)OC(C)(C)C)C(=O)N1CCC(Sc2ncc(B3OC(C)(C)C(C)(C)O3)cn2)CC1. The molecule has 0 aromatic carbocycles. The van der Waals surface area contributed by atoms with Crippen LogP contribution >= 0.6 is 11.8 Å². The summed E-state index contributed by atoms with van der Waals surface area (Å²) < 4.78 is 17.5. The van der Waals surface area contributed by atoms with E-state index < -0.39 is 36.1 Å². The van der Waals surface area contributed by atoms with Crippen molar-refractivity contribution in [2.75, 3.05) is 13.1 Å². The number of rotatable bonds is 6. The quantitative estimate of drug-likeness (QED) is 0.450. The second-order valence-electron chi connectivity index (χ2n) is 11.9. The van der Waals surface area contributed by atoms with E-state index in [0.717, 1.165) is 18.3 Å². The lowest BCUT2D eigenvalue weighted by Crippen LogP contribution is -2.53. The molecule has 1 atom stereocenters. The van der Waals surface area contributed by atoms with Gasteiger partial charge in [-0.15, -0.1) is 0 Å². The van der Waals surface area contributed by atoms with Gasteiger partial charge in [0, 0.05) is 36.2 Å². The second kappa shape index (κ2) is 10.9. The molecule has 3 rings (SSSR count). The molecule has 1 unspecified atom stereocenters. The summed E-state index contributed by atoms with van der Waals surface area (Å²) in [5, 5.41) is 3.78. The number of nitrogens with one attached hydrogen (secondary N) is 1.